The van der Waals surface area contributed by atoms with Crippen LogP contribution in [0.25, 0.3) is 10.8 Å². The average molecular weight is 451 g/mol. The van der Waals surface area contributed by atoms with Crippen molar-refractivity contribution in [3.8, 4) is 29.4 Å². The Labute approximate surface area is 199 Å². The summed E-state index contributed by atoms with van der Waals surface area (Å²) in [7, 11) is 0. The monoisotopic (exact) mass is 450 g/mol. The third-order valence-corrected chi connectivity index (χ3v) is 5.37. The summed E-state index contributed by atoms with van der Waals surface area (Å²) >= 11 is 0. The topological polar surface area (TPSA) is 9.23 Å². The van der Waals surface area contributed by atoms with Crippen LogP contribution in [-0.2, 0) is 0 Å². The first-order chi connectivity index (χ1) is 16.6. The average Bonchev–Trinajstić information content (AvgIpc) is 2.87. The maximum atomic E-state index is 13.8. The van der Waals surface area contributed by atoms with E-state index in [4.69, 9.17) is 4.74 Å². The molecule has 34 heavy (non-hydrogen) atoms. The molecule has 4 aromatic rings. The molecule has 0 N–H and O–H groups in total. The quantitative estimate of drug-likeness (QED) is 0.226. The first-order valence-electron chi connectivity index (χ1n) is 11.4. The fourth-order valence-electron chi connectivity index (χ4n) is 3.45. The number of halogens is 2. The summed E-state index contributed by atoms with van der Waals surface area (Å²) in [6.45, 7) is 2.92. The highest BCUT2D eigenvalue weighted by atomic mass is 19.2. The highest BCUT2D eigenvalue weighted by molar-refractivity contribution is 5.84. The molecule has 1 nitrogen and oxygen atoms in total. The van der Waals surface area contributed by atoms with E-state index in [-0.39, 0.29) is 5.39 Å². The van der Waals surface area contributed by atoms with E-state index >= 15 is 0 Å². The number of benzene rings is 4. The second-order valence-corrected chi connectivity index (χ2v) is 7.95. The van der Waals surface area contributed by atoms with Crippen molar-refractivity contribution in [2.45, 2.75) is 26.2 Å². The molecule has 0 aliphatic carbocycles. The van der Waals surface area contributed by atoms with Gasteiger partial charge >= 0.3 is 0 Å². The van der Waals surface area contributed by atoms with Crippen LogP contribution in [0.2, 0.25) is 0 Å². The van der Waals surface area contributed by atoms with Crippen molar-refractivity contribution in [3.63, 3.8) is 0 Å². The highest BCUT2D eigenvalue weighted by Gasteiger charge is 2.06. The Balaban J connectivity index is 1.39. The Bertz CT molecular complexity index is 1400. The van der Waals surface area contributed by atoms with E-state index in [9.17, 15) is 8.78 Å². The van der Waals surface area contributed by atoms with Crippen LogP contribution in [0.5, 0.6) is 5.75 Å². The van der Waals surface area contributed by atoms with Gasteiger partial charge in [-0.05, 0) is 78.5 Å². The van der Waals surface area contributed by atoms with Crippen molar-refractivity contribution in [1.29, 1.82) is 0 Å². The maximum absolute atomic E-state index is 13.8. The number of ether oxygens (including phenoxy) is 1. The van der Waals surface area contributed by atoms with E-state index < -0.39 is 11.6 Å². The van der Waals surface area contributed by atoms with E-state index in [1.807, 2.05) is 48.5 Å². The molecule has 0 saturated heterocycles. The van der Waals surface area contributed by atoms with Gasteiger partial charge in [0, 0.05) is 27.6 Å². The van der Waals surface area contributed by atoms with E-state index in [0.717, 1.165) is 47.1 Å². The zero-order valence-corrected chi connectivity index (χ0v) is 19.0. The van der Waals surface area contributed by atoms with Gasteiger partial charge in [-0.3, -0.25) is 0 Å². The fourth-order valence-corrected chi connectivity index (χ4v) is 3.45. The molecule has 0 radical (unpaired) electrons. The van der Waals surface area contributed by atoms with Crippen molar-refractivity contribution in [3.05, 3.63) is 113 Å². The molecule has 0 bridgehead atoms. The van der Waals surface area contributed by atoms with Gasteiger partial charge in [0.1, 0.15) is 5.75 Å². The van der Waals surface area contributed by atoms with E-state index in [0.29, 0.717) is 5.39 Å². The molecule has 4 rings (SSSR count). The van der Waals surface area contributed by atoms with Gasteiger partial charge in [-0.1, -0.05) is 55.6 Å². The van der Waals surface area contributed by atoms with Gasteiger partial charge in [0.25, 0.3) is 0 Å². The lowest BCUT2D eigenvalue weighted by atomic mass is 10.1. The number of unbranched alkanes of at least 4 members (excludes halogenated alkanes) is 2. The first kappa shape index (κ1) is 23.1. The lowest BCUT2D eigenvalue weighted by molar-refractivity contribution is 0.306. The number of hydrogen-bond acceptors (Lipinski definition) is 1. The third kappa shape index (κ3) is 6.03. The minimum Gasteiger partial charge on any atom is -0.494 e. The molecule has 4 aromatic carbocycles. The maximum Gasteiger partial charge on any atom is 0.166 e. The predicted molar refractivity (Wildman–Crippen MR) is 134 cm³/mol. The number of hydrogen-bond donors (Lipinski definition) is 0. The zero-order valence-electron chi connectivity index (χ0n) is 19.0. The van der Waals surface area contributed by atoms with Crippen LogP contribution in [0.15, 0.2) is 78.9 Å². The third-order valence-electron chi connectivity index (χ3n) is 5.37. The Morgan fingerprint density at radius 2 is 1.21 bits per heavy atom. The molecule has 0 fully saturated rings. The van der Waals surface area contributed by atoms with Crippen molar-refractivity contribution in [1.82, 2.24) is 0 Å². The molecule has 0 unspecified atom stereocenters. The molecule has 0 aliphatic rings. The zero-order chi connectivity index (χ0) is 23.8. The van der Waals surface area contributed by atoms with Crippen LogP contribution in [0, 0.1) is 35.3 Å². The van der Waals surface area contributed by atoms with Crippen molar-refractivity contribution in [2.24, 2.45) is 0 Å². The summed E-state index contributed by atoms with van der Waals surface area (Å²) in [4.78, 5) is 0. The summed E-state index contributed by atoms with van der Waals surface area (Å²) < 4.78 is 32.9. The molecule has 0 atom stereocenters. The van der Waals surface area contributed by atoms with Gasteiger partial charge < -0.3 is 4.74 Å². The molecular weight excluding hydrogens is 426 g/mol. The van der Waals surface area contributed by atoms with Crippen LogP contribution in [0.1, 0.15) is 48.4 Å². The molecule has 0 amide bonds. The lowest BCUT2D eigenvalue weighted by Crippen LogP contribution is -1.96. The molecule has 0 aromatic heterocycles. The van der Waals surface area contributed by atoms with E-state index in [1.54, 1.807) is 24.3 Å². The van der Waals surface area contributed by atoms with Gasteiger partial charge in [0.2, 0.25) is 0 Å². The Morgan fingerprint density at radius 3 is 1.82 bits per heavy atom. The molecular formula is C31H24F2O. The molecule has 0 spiro atoms. The van der Waals surface area contributed by atoms with E-state index in [2.05, 4.69) is 30.6 Å². The minimum atomic E-state index is -0.849. The largest absolute Gasteiger partial charge is 0.494 e. The first-order valence-corrected chi connectivity index (χ1v) is 11.4. The standard InChI is InChI=1S/C31H24F2O/c1-2-3-4-21-34-28-17-13-25(14-18-28)10-9-23-5-7-24(8-6-23)11-12-26-15-19-29-27(22-26)16-20-30(32)31(29)33/h5-8,13-20,22H,2-4,21H2,1H3. The SMILES string of the molecule is CCCCCOc1ccc(C#Cc2ccc(C#Cc3ccc4c(F)c(F)ccc4c3)cc2)cc1. The number of rotatable bonds is 5. The molecule has 168 valence electrons. The van der Waals surface area contributed by atoms with Gasteiger partial charge in [-0.25, -0.2) is 8.78 Å². The normalized spacial score (nSPS) is 10.2. The van der Waals surface area contributed by atoms with Gasteiger partial charge in [0.15, 0.2) is 11.6 Å². The second-order valence-electron chi connectivity index (χ2n) is 7.95. The summed E-state index contributed by atoms with van der Waals surface area (Å²) in [6, 6.07) is 23.2. The van der Waals surface area contributed by atoms with Crippen LogP contribution in [0.4, 0.5) is 8.78 Å². The molecule has 0 aliphatic heterocycles. The smallest absolute Gasteiger partial charge is 0.166 e. The Hall–Kier alpha value is -4.08. The molecule has 0 heterocycles. The van der Waals surface area contributed by atoms with E-state index in [1.165, 1.54) is 12.8 Å². The van der Waals surface area contributed by atoms with Gasteiger partial charge in [-0.2, -0.15) is 0 Å². The minimum absolute atomic E-state index is 0.252. The highest BCUT2D eigenvalue weighted by Crippen LogP contribution is 2.21. The lowest BCUT2D eigenvalue weighted by Gasteiger charge is -2.05. The summed E-state index contributed by atoms with van der Waals surface area (Å²) in [5.74, 6) is 11.7. The van der Waals surface area contributed by atoms with Crippen LogP contribution >= 0.6 is 0 Å². The van der Waals surface area contributed by atoms with Crippen LogP contribution in [0.3, 0.4) is 0 Å². The van der Waals surface area contributed by atoms with Crippen LogP contribution < -0.4 is 4.74 Å². The Morgan fingerprint density at radius 1 is 0.647 bits per heavy atom. The van der Waals surface area contributed by atoms with Gasteiger partial charge in [0.05, 0.1) is 6.61 Å². The summed E-state index contributed by atoms with van der Waals surface area (Å²) in [5.41, 5.74) is 3.41. The molecule has 3 heteroatoms. The summed E-state index contributed by atoms with van der Waals surface area (Å²) in [6.07, 6.45) is 3.43. The predicted octanol–water partition coefficient (Wildman–Crippen LogP) is 7.49. The Kier molecular flexibility index (Phi) is 7.59. The number of fused-ring (bicyclic) bond motifs is 1. The molecule has 0 saturated carbocycles. The summed E-state index contributed by atoms with van der Waals surface area (Å²) in [5, 5.41) is 0.870. The van der Waals surface area contributed by atoms with Crippen molar-refractivity contribution in [2.75, 3.05) is 6.61 Å². The second kappa shape index (κ2) is 11.2. The van der Waals surface area contributed by atoms with Crippen LogP contribution in [-0.4, -0.2) is 6.61 Å². The van der Waals surface area contributed by atoms with Gasteiger partial charge in [-0.15, -0.1) is 0 Å². The van der Waals surface area contributed by atoms with Crippen molar-refractivity contribution >= 4 is 10.8 Å². The fraction of sp³-hybridized carbons (Fsp3) is 0.161. The van der Waals surface area contributed by atoms with Crippen molar-refractivity contribution < 1.29 is 13.5 Å².